The molecule has 0 aliphatic carbocycles. The molecule has 0 saturated carbocycles. The van der Waals surface area contributed by atoms with Crippen LogP contribution in [-0.2, 0) is 21.5 Å². The van der Waals surface area contributed by atoms with Crippen LogP contribution in [0, 0.1) is 0 Å². The van der Waals surface area contributed by atoms with Gasteiger partial charge in [0.05, 0.1) is 6.54 Å². The normalized spacial score (nSPS) is 16.6. The predicted octanol–water partition coefficient (Wildman–Crippen LogP) is 0.685. The molecule has 0 radical (unpaired) electrons. The zero-order valence-electron chi connectivity index (χ0n) is 10.7. The lowest BCUT2D eigenvalue weighted by Crippen LogP contribution is -2.43. The number of nitrogens with one attached hydrogen (secondary N) is 2. The van der Waals surface area contributed by atoms with E-state index in [0.717, 1.165) is 9.87 Å². The quantitative estimate of drug-likeness (QED) is 0.853. The first-order valence-corrected chi connectivity index (χ1v) is 7.59. The van der Waals surface area contributed by atoms with Gasteiger partial charge in [0.25, 0.3) is 10.2 Å². The van der Waals surface area contributed by atoms with E-state index in [9.17, 15) is 13.2 Å². The summed E-state index contributed by atoms with van der Waals surface area (Å²) in [6, 6.07) is 7.20. The third kappa shape index (κ3) is 3.31. The average Bonchev–Trinajstić information content (AvgIpc) is 2.54. The summed E-state index contributed by atoms with van der Waals surface area (Å²) in [7, 11) is -3.62. The molecule has 7 heteroatoms. The van der Waals surface area contributed by atoms with Gasteiger partial charge in [-0.2, -0.15) is 12.7 Å². The molecule has 2 rings (SSSR count). The second-order valence-electron chi connectivity index (χ2n) is 4.37. The summed E-state index contributed by atoms with van der Waals surface area (Å²) in [5.41, 5.74) is 1.45. The molecular weight excluding hydrogens is 266 g/mol. The summed E-state index contributed by atoms with van der Waals surface area (Å²) in [6.45, 7) is 2.26. The summed E-state index contributed by atoms with van der Waals surface area (Å²) >= 11 is 0. The lowest BCUT2D eigenvalue weighted by molar-refractivity contribution is -0.116. The number of hydrogen-bond donors (Lipinski definition) is 2. The molecule has 104 valence electrons. The minimum atomic E-state index is -3.62. The molecule has 0 atom stereocenters. The molecule has 0 unspecified atom stereocenters. The highest BCUT2D eigenvalue weighted by atomic mass is 32.2. The van der Waals surface area contributed by atoms with Crippen molar-refractivity contribution in [3.63, 3.8) is 0 Å². The molecule has 1 aliphatic rings. The first kappa shape index (κ1) is 14.0. The number of fused-ring (bicyclic) bond motifs is 1. The topological polar surface area (TPSA) is 78.5 Å². The highest BCUT2D eigenvalue weighted by molar-refractivity contribution is 7.87. The third-order valence-electron chi connectivity index (χ3n) is 2.83. The van der Waals surface area contributed by atoms with E-state index < -0.39 is 10.2 Å². The van der Waals surface area contributed by atoms with Crippen LogP contribution in [-0.4, -0.2) is 31.7 Å². The van der Waals surface area contributed by atoms with Crippen molar-refractivity contribution in [2.45, 2.75) is 19.9 Å². The van der Waals surface area contributed by atoms with Crippen LogP contribution in [0.1, 0.15) is 18.9 Å². The Bertz CT molecular complexity index is 571. The van der Waals surface area contributed by atoms with Crippen molar-refractivity contribution in [3.05, 3.63) is 29.8 Å². The van der Waals surface area contributed by atoms with Crippen LogP contribution < -0.4 is 10.0 Å². The van der Waals surface area contributed by atoms with Crippen LogP contribution in [0.2, 0.25) is 0 Å². The minimum Gasteiger partial charge on any atom is -0.325 e. The number of rotatable bonds is 4. The van der Waals surface area contributed by atoms with Gasteiger partial charge in [0.2, 0.25) is 5.91 Å². The molecule has 19 heavy (non-hydrogen) atoms. The van der Waals surface area contributed by atoms with Crippen molar-refractivity contribution in [2.24, 2.45) is 0 Å². The van der Waals surface area contributed by atoms with Gasteiger partial charge in [-0.3, -0.25) is 4.79 Å². The van der Waals surface area contributed by atoms with Gasteiger partial charge < -0.3 is 5.32 Å². The Labute approximate surface area is 113 Å². The Morgan fingerprint density at radius 2 is 2.05 bits per heavy atom. The first-order chi connectivity index (χ1) is 9.03. The standard InChI is InChI=1S/C12H17N3O3S/c1-2-7-13-19(17,18)15-8-10-5-3-4-6-11(10)14-12(16)9-15/h3-6,13H,2,7-9H2,1H3,(H,14,16). The van der Waals surface area contributed by atoms with Crippen LogP contribution in [0.5, 0.6) is 0 Å². The van der Waals surface area contributed by atoms with Gasteiger partial charge in [-0.15, -0.1) is 0 Å². The number of benzene rings is 1. The fourth-order valence-electron chi connectivity index (χ4n) is 1.87. The van der Waals surface area contributed by atoms with Crippen molar-refractivity contribution in [2.75, 3.05) is 18.4 Å². The number of carbonyl (C=O) groups excluding carboxylic acids is 1. The molecular formula is C12H17N3O3S. The van der Waals surface area contributed by atoms with E-state index in [1.54, 1.807) is 12.1 Å². The zero-order valence-corrected chi connectivity index (χ0v) is 11.5. The van der Waals surface area contributed by atoms with E-state index in [2.05, 4.69) is 10.0 Å². The Kier molecular flexibility index (Phi) is 4.18. The number of hydrogen-bond acceptors (Lipinski definition) is 3. The van der Waals surface area contributed by atoms with Gasteiger partial charge >= 0.3 is 0 Å². The molecule has 0 fully saturated rings. The molecule has 1 aromatic carbocycles. The summed E-state index contributed by atoms with van der Waals surface area (Å²) in [6.07, 6.45) is 0.704. The summed E-state index contributed by atoms with van der Waals surface area (Å²) < 4.78 is 27.8. The van der Waals surface area contributed by atoms with Gasteiger partial charge in [0, 0.05) is 18.8 Å². The fourth-order valence-corrected chi connectivity index (χ4v) is 3.11. The smallest absolute Gasteiger partial charge is 0.280 e. The second-order valence-corrected chi connectivity index (χ2v) is 6.13. The summed E-state index contributed by atoms with van der Waals surface area (Å²) in [4.78, 5) is 11.7. The highest BCUT2D eigenvalue weighted by Gasteiger charge is 2.27. The van der Waals surface area contributed by atoms with Gasteiger partial charge in [-0.25, -0.2) is 4.72 Å². The van der Waals surface area contributed by atoms with E-state index in [1.165, 1.54) is 0 Å². The molecule has 0 aromatic heterocycles. The Morgan fingerprint density at radius 1 is 1.32 bits per heavy atom. The molecule has 1 amide bonds. The number of carbonyl (C=O) groups is 1. The number of amides is 1. The molecule has 6 nitrogen and oxygen atoms in total. The molecule has 0 saturated heterocycles. The molecule has 1 heterocycles. The molecule has 1 aliphatic heterocycles. The highest BCUT2D eigenvalue weighted by Crippen LogP contribution is 2.21. The van der Waals surface area contributed by atoms with E-state index in [1.807, 2.05) is 19.1 Å². The van der Waals surface area contributed by atoms with E-state index >= 15 is 0 Å². The number of anilines is 1. The van der Waals surface area contributed by atoms with E-state index in [0.29, 0.717) is 18.7 Å². The zero-order chi connectivity index (χ0) is 13.9. The van der Waals surface area contributed by atoms with Gasteiger partial charge in [-0.05, 0) is 18.1 Å². The summed E-state index contributed by atoms with van der Waals surface area (Å²) in [5.74, 6) is -0.327. The maximum absolute atomic E-state index is 12.1. The SMILES string of the molecule is CCCNS(=O)(=O)N1CC(=O)Nc2ccccc2C1. The third-order valence-corrected chi connectivity index (χ3v) is 4.34. The lowest BCUT2D eigenvalue weighted by Gasteiger charge is -2.19. The van der Waals surface area contributed by atoms with Crippen molar-refractivity contribution in [1.82, 2.24) is 9.03 Å². The van der Waals surface area contributed by atoms with Crippen molar-refractivity contribution >= 4 is 21.8 Å². The Hall–Kier alpha value is -1.44. The van der Waals surface area contributed by atoms with E-state index in [-0.39, 0.29) is 19.0 Å². The lowest BCUT2D eigenvalue weighted by atomic mass is 10.2. The Balaban J connectivity index is 2.26. The first-order valence-electron chi connectivity index (χ1n) is 6.15. The van der Waals surface area contributed by atoms with Crippen molar-refractivity contribution < 1.29 is 13.2 Å². The molecule has 0 bridgehead atoms. The minimum absolute atomic E-state index is 0.173. The molecule has 2 N–H and O–H groups in total. The second kappa shape index (κ2) is 5.68. The van der Waals surface area contributed by atoms with Gasteiger partial charge in [0.1, 0.15) is 0 Å². The van der Waals surface area contributed by atoms with Crippen LogP contribution >= 0.6 is 0 Å². The van der Waals surface area contributed by atoms with Crippen LogP contribution in [0.25, 0.3) is 0 Å². The van der Waals surface area contributed by atoms with Crippen LogP contribution in [0.15, 0.2) is 24.3 Å². The van der Waals surface area contributed by atoms with Crippen molar-refractivity contribution in [1.29, 1.82) is 0 Å². The van der Waals surface area contributed by atoms with Gasteiger partial charge in [0.15, 0.2) is 0 Å². The maximum Gasteiger partial charge on any atom is 0.280 e. The fraction of sp³-hybridized carbons (Fsp3) is 0.417. The maximum atomic E-state index is 12.1. The van der Waals surface area contributed by atoms with Crippen LogP contribution in [0.3, 0.4) is 0 Å². The Morgan fingerprint density at radius 3 is 2.79 bits per heavy atom. The predicted molar refractivity (Wildman–Crippen MR) is 72.7 cm³/mol. The van der Waals surface area contributed by atoms with E-state index in [4.69, 9.17) is 0 Å². The number of nitrogens with zero attached hydrogens (tertiary/aromatic N) is 1. The van der Waals surface area contributed by atoms with Crippen LogP contribution in [0.4, 0.5) is 5.69 Å². The largest absolute Gasteiger partial charge is 0.325 e. The van der Waals surface area contributed by atoms with Crippen molar-refractivity contribution in [3.8, 4) is 0 Å². The molecule has 1 aromatic rings. The molecule has 0 spiro atoms. The summed E-state index contributed by atoms with van der Waals surface area (Å²) in [5, 5.41) is 2.71. The van der Waals surface area contributed by atoms with Gasteiger partial charge in [-0.1, -0.05) is 25.1 Å². The average molecular weight is 283 g/mol. The monoisotopic (exact) mass is 283 g/mol. The number of para-hydroxylation sites is 1.